The third-order valence-corrected chi connectivity index (χ3v) is 7.85. The average molecular weight is 524 g/mol. The van der Waals surface area contributed by atoms with Crippen molar-refractivity contribution in [3.05, 3.63) is 65.8 Å². The van der Waals surface area contributed by atoms with E-state index >= 15 is 0 Å². The molecule has 2 aliphatic heterocycles. The third kappa shape index (κ3) is 5.15. The molecule has 4 N–H and O–H groups in total. The molecule has 2 fully saturated rings. The zero-order valence-electron chi connectivity index (χ0n) is 19.9. The van der Waals surface area contributed by atoms with E-state index in [0.29, 0.717) is 17.9 Å². The number of nitrogens with zero attached hydrogens (tertiary/aromatic N) is 4. The number of fused-ring (bicyclic) bond motifs is 1. The quantitative estimate of drug-likeness (QED) is 0.201. The van der Waals surface area contributed by atoms with E-state index in [0.717, 1.165) is 25.7 Å². The van der Waals surface area contributed by atoms with Gasteiger partial charge in [-0.1, -0.05) is 17.3 Å². The molecule has 4 heterocycles. The minimum absolute atomic E-state index is 0.0356. The summed E-state index contributed by atoms with van der Waals surface area (Å²) in [6.07, 6.45) is 7.37. The Morgan fingerprint density at radius 1 is 1.22 bits per heavy atom. The Balaban J connectivity index is 1.35. The van der Waals surface area contributed by atoms with Gasteiger partial charge in [-0.25, -0.2) is 14.3 Å². The second-order valence-corrected chi connectivity index (χ2v) is 10.2. The lowest BCUT2D eigenvalue weighted by Gasteiger charge is -2.49. The number of thioether (sulfide) groups is 1. The van der Waals surface area contributed by atoms with Gasteiger partial charge in [-0.15, -0.1) is 11.8 Å². The molecule has 2 aromatic rings. The Morgan fingerprint density at radius 3 is 2.68 bits per heavy atom. The first-order valence-electron chi connectivity index (χ1n) is 12.0. The highest BCUT2D eigenvalue weighted by Crippen LogP contribution is 2.40. The van der Waals surface area contributed by atoms with Gasteiger partial charge < -0.3 is 21.0 Å². The number of aliphatic carboxylic acids is 1. The van der Waals surface area contributed by atoms with Gasteiger partial charge in [-0.2, -0.15) is 0 Å². The third-order valence-electron chi connectivity index (χ3n) is 6.51. The molecule has 2 amide bonds. The van der Waals surface area contributed by atoms with Crippen LogP contribution in [0, 0.1) is 0 Å². The minimum Gasteiger partial charge on any atom is -0.477 e. The summed E-state index contributed by atoms with van der Waals surface area (Å²) in [4.78, 5) is 49.6. The van der Waals surface area contributed by atoms with Crippen LogP contribution in [-0.4, -0.2) is 61.8 Å². The summed E-state index contributed by atoms with van der Waals surface area (Å²) in [6, 6.07) is 9.51. The number of carbonyl (C=O) groups is 3. The molecule has 2 atom stereocenters. The Labute approximate surface area is 217 Å². The standard InChI is InChI=1S/C25H26N6O5S/c26-18-10-6-9-17(27-18)19(29-36-16-7-2-3-8-16)22(32)28-20-23(33)31-21(25(34)35)15(14-37-24(20)31)13-30-11-4-1-5-12-30/h1,4-6,9-12,16,20,24H,2-3,7-8,13-14H2,(H3-,26,27,28,32,34,35)/p+1/t20?,24-/m1/s1. The lowest BCUT2D eigenvalue weighted by molar-refractivity contribution is -0.689. The first-order valence-corrected chi connectivity index (χ1v) is 13.1. The van der Waals surface area contributed by atoms with Gasteiger partial charge in [0.2, 0.25) is 0 Å². The number of nitrogens with two attached hydrogens (primary N) is 1. The second kappa shape index (κ2) is 10.6. The first kappa shape index (κ1) is 24.8. The number of hydrogen-bond acceptors (Lipinski definition) is 8. The van der Waals surface area contributed by atoms with Crippen LogP contribution in [0.1, 0.15) is 31.4 Å². The Kier molecular flexibility index (Phi) is 7.08. The average Bonchev–Trinajstić information content (AvgIpc) is 3.41. The fourth-order valence-corrected chi connectivity index (χ4v) is 6.02. The summed E-state index contributed by atoms with van der Waals surface area (Å²) in [5.41, 5.74) is 6.54. The zero-order valence-corrected chi connectivity index (χ0v) is 20.8. The molecule has 2 aromatic heterocycles. The molecule has 37 heavy (non-hydrogen) atoms. The van der Waals surface area contributed by atoms with Crippen LogP contribution in [0.3, 0.4) is 0 Å². The molecule has 1 aliphatic carbocycles. The van der Waals surface area contributed by atoms with Crippen molar-refractivity contribution in [2.45, 2.75) is 49.7 Å². The number of amides is 2. The molecule has 1 saturated heterocycles. The number of anilines is 1. The minimum atomic E-state index is -1.17. The lowest BCUT2D eigenvalue weighted by Crippen LogP contribution is -2.71. The molecule has 0 radical (unpaired) electrons. The molecule has 5 rings (SSSR count). The summed E-state index contributed by atoms with van der Waals surface area (Å²) in [7, 11) is 0. The van der Waals surface area contributed by atoms with Crippen molar-refractivity contribution in [2.75, 3.05) is 11.5 Å². The highest BCUT2D eigenvalue weighted by Gasteiger charge is 2.54. The molecule has 0 bridgehead atoms. The van der Waals surface area contributed by atoms with Gasteiger partial charge in [0.15, 0.2) is 24.7 Å². The van der Waals surface area contributed by atoms with Crippen LogP contribution in [0.4, 0.5) is 5.82 Å². The molecule has 0 spiro atoms. The molecule has 12 heteroatoms. The molecular weight excluding hydrogens is 496 g/mol. The number of hydrogen-bond donors (Lipinski definition) is 3. The van der Waals surface area contributed by atoms with Gasteiger partial charge in [-0.3, -0.25) is 14.5 Å². The van der Waals surface area contributed by atoms with E-state index in [4.69, 9.17) is 10.6 Å². The fraction of sp³-hybridized carbons (Fsp3) is 0.360. The maximum Gasteiger partial charge on any atom is 0.352 e. The van der Waals surface area contributed by atoms with Crippen molar-refractivity contribution in [1.29, 1.82) is 0 Å². The van der Waals surface area contributed by atoms with E-state index in [1.165, 1.54) is 16.7 Å². The van der Waals surface area contributed by atoms with E-state index in [1.54, 1.807) is 18.2 Å². The van der Waals surface area contributed by atoms with Crippen LogP contribution in [0.5, 0.6) is 0 Å². The monoisotopic (exact) mass is 523 g/mol. The van der Waals surface area contributed by atoms with Gasteiger partial charge in [0.05, 0.1) is 0 Å². The van der Waals surface area contributed by atoms with Gasteiger partial charge in [0, 0.05) is 23.5 Å². The van der Waals surface area contributed by atoms with E-state index < -0.39 is 29.2 Å². The van der Waals surface area contributed by atoms with Gasteiger partial charge in [0.1, 0.15) is 34.7 Å². The molecular formula is C25H27N6O5S+. The van der Waals surface area contributed by atoms with Crippen LogP contribution in [0.15, 0.2) is 65.2 Å². The summed E-state index contributed by atoms with van der Waals surface area (Å²) in [5.74, 6) is -1.68. The Hall–Kier alpha value is -3.93. The van der Waals surface area contributed by atoms with E-state index in [1.807, 2.05) is 35.2 Å². The number of nitrogens with one attached hydrogen (secondary N) is 1. The Morgan fingerprint density at radius 2 is 1.97 bits per heavy atom. The number of carboxylic acids is 1. The van der Waals surface area contributed by atoms with Crippen molar-refractivity contribution in [3.63, 3.8) is 0 Å². The van der Waals surface area contributed by atoms with Gasteiger partial charge in [-0.05, 0) is 37.8 Å². The number of nitrogen functional groups attached to an aromatic ring is 1. The van der Waals surface area contributed by atoms with Crippen molar-refractivity contribution in [1.82, 2.24) is 15.2 Å². The van der Waals surface area contributed by atoms with Crippen LogP contribution in [0.2, 0.25) is 0 Å². The van der Waals surface area contributed by atoms with Crippen LogP contribution in [-0.2, 0) is 25.8 Å². The summed E-state index contributed by atoms with van der Waals surface area (Å²) >= 11 is 1.41. The van der Waals surface area contributed by atoms with E-state index in [9.17, 15) is 19.5 Å². The molecule has 11 nitrogen and oxygen atoms in total. The van der Waals surface area contributed by atoms with Crippen molar-refractivity contribution < 1.29 is 28.9 Å². The fourth-order valence-electron chi connectivity index (χ4n) is 4.68. The first-order chi connectivity index (χ1) is 17.9. The topological polar surface area (TPSA) is 151 Å². The molecule has 192 valence electrons. The number of carboxylic acid groups (broad SMARTS) is 1. The van der Waals surface area contributed by atoms with Crippen LogP contribution < -0.4 is 15.6 Å². The highest BCUT2D eigenvalue weighted by molar-refractivity contribution is 8.00. The number of carbonyl (C=O) groups excluding carboxylic acids is 2. The van der Waals surface area contributed by atoms with Crippen molar-refractivity contribution in [2.24, 2.45) is 5.16 Å². The number of pyridine rings is 2. The summed E-state index contributed by atoms with van der Waals surface area (Å²) in [5, 5.41) is 16.2. The number of aromatic nitrogens is 2. The molecule has 1 unspecified atom stereocenters. The van der Waals surface area contributed by atoms with Gasteiger partial charge in [0.25, 0.3) is 11.8 Å². The van der Waals surface area contributed by atoms with E-state index in [2.05, 4.69) is 15.5 Å². The van der Waals surface area contributed by atoms with Crippen LogP contribution >= 0.6 is 11.8 Å². The number of rotatable bonds is 8. The zero-order chi connectivity index (χ0) is 25.9. The molecule has 1 saturated carbocycles. The predicted octanol–water partition coefficient (Wildman–Crippen LogP) is 1.05. The lowest BCUT2D eigenvalue weighted by atomic mass is 10.0. The highest BCUT2D eigenvalue weighted by atomic mass is 32.2. The van der Waals surface area contributed by atoms with Crippen molar-refractivity contribution in [3.8, 4) is 0 Å². The largest absolute Gasteiger partial charge is 0.477 e. The normalized spacial score (nSPS) is 21.9. The Bertz CT molecular complexity index is 1280. The molecule has 0 aromatic carbocycles. The predicted molar refractivity (Wildman–Crippen MR) is 135 cm³/mol. The summed E-state index contributed by atoms with van der Waals surface area (Å²) in [6.45, 7) is 0.347. The SMILES string of the molecule is Nc1cccc(C(=NOC2CCCC2)C(=O)NC2C(=O)N3C(C(=O)O)=C(C[n+]4ccccc4)CS[C@H]23)n1. The van der Waals surface area contributed by atoms with E-state index in [-0.39, 0.29) is 29.0 Å². The van der Waals surface area contributed by atoms with Crippen molar-refractivity contribution >= 4 is 41.1 Å². The molecule has 3 aliphatic rings. The number of oxime groups is 1. The number of β-lactam (4-membered cyclic amide) rings is 1. The maximum atomic E-state index is 13.3. The summed E-state index contributed by atoms with van der Waals surface area (Å²) < 4.78 is 1.86. The van der Waals surface area contributed by atoms with Gasteiger partial charge >= 0.3 is 5.97 Å². The van der Waals surface area contributed by atoms with Crippen LogP contribution in [0.25, 0.3) is 0 Å². The smallest absolute Gasteiger partial charge is 0.352 e. The second-order valence-electron chi connectivity index (χ2n) is 9.07. The maximum absolute atomic E-state index is 13.3.